The largest absolute Gasteiger partial charge is 0.497 e. The molecule has 0 spiro atoms. The van der Waals surface area contributed by atoms with E-state index in [0.29, 0.717) is 6.54 Å². The van der Waals surface area contributed by atoms with Crippen molar-refractivity contribution in [3.05, 3.63) is 53.9 Å². The van der Waals surface area contributed by atoms with Crippen LogP contribution in [0.2, 0.25) is 0 Å². The molecular weight excluding hydrogens is 278 g/mol. The van der Waals surface area contributed by atoms with Crippen molar-refractivity contribution in [3.8, 4) is 5.75 Å². The number of amides is 1. The van der Waals surface area contributed by atoms with Crippen molar-refractivity contribution in [3.63, 3.8) is 0 Å². The van der Waals surface area contributed by atoms with E-state index in [4.69, 9.17) is 4.74 Å². The van der Waals surface area contributed by atoms with Crippen molar-refractivity contribution >= 4 is 5.91 Å². The summed E-state index contributed by atoms with van der Waals surface area (Å²) in [4.78, 5) is 14.8. The molecule has 5 heteroatoms. The molecule has 0 aliphatic carbocycles. The average molecular weight is 299 g/mol. The Balaban J connectivity index is 1.87. The third-order valence-corrected chi connectivity index (χ3v) is 4.17. The van der Waals surface area contributed by atoms with Gasteiger partial charge in [-0.25, -0.2) is 0 Å². The molecule has 1 aromatic heterocycles. The van der Waals surface area contributed by atoms with Crippen LogP contribution in [0.15, 0.2) is 42.6 Å². The van der Waals surface area contributed by atoms with Gasteiger partial charge in [-0.05, 0) is 29.8 Å². The molecule has 3 rings (SSSR count). The number of carbonyl (C=O) groups is 1. The molecule has 1 amide bonds. The van der Waals surface area contributed by atoms with Gasteiger partial charge in [0.15, 0.2) is 0 Å². The first-order chi connectivity index (χ1) is 10.7. The molecule has 1 aromatic carbocycles. The number of aromatic nitrogens is 1. The van der Waals surface area contributed by atoms with Gasteiger partial charge < -0.3 is 19.5 Å². The number of hydrogen-bond donors (Lipinski definition) is 1. The number of nitrogens with one attached hydrogen (secondary N) is 1. The minimum atomic E-state index is 0.0436. The molecule has 1 saturated heterocycles. The van der Waals surface area contributed by atoms with Crippen LogP contribution in [0.5, 0.6) is 5.75 Å². The van der Waals surface area contributed by atoms with Crippen molar-refractivity contribution < 1.29 is 9.53 Å². The molecule has 22 heavy (non-hydrogen) atoms. The number of aryl methyl sites for hydroxylation is 1. The van der Waals surface area contributed by atoms with Crippen LogP contribution in [0.25, 0.3) is 0 Å². The van der Waals surface area contributed by atoms with Gasteiger partial charge >= 0.3 is 0 Å². The van der Waals surface area contributed by atoms with Gasteiger partial charge in [-0.3, -0.25) is 4.79 Å². The molecule has 5 nitrogen and oxygen atoms in total. The maximum absolute atomic E-state index is 12.8. The summed E-state index contributed by atoms with van der Waals surface area (Å²) in [5.74, 6) is 0.905. The summed E-state index contributed by atoms with van der Waals surface area (Å²) >= 11 is 0. The second kappa shape index (κ2) is 6.23. The maximum atomic E-state index is 12.8. The summed E-state index contributed by atoms with van der Waals surface area (Å²) in [6, 6.07) is 11.8. The SMILES string of the molecule is COc1ccc([C@H]2CNCCN2C(=O)c2cccn2C)cc1. The van der Waals surface area contributed by atoms with Crippen molar-refractivity contribution in [1.82, 2.24) is 14.8 Å². The number of hydrogen-bond acceptors (Lipinski definition) is 3. The predicted octanol–water partition coefficient (Wildman–Crippen LogP) is 1.82. The molecule has 1 N–H and O–H groups in total. The van der Waals surface area contributed by atoms with Gasteiger partial charge in [0.2, 0.25) is 0 Å². The lowest BCUT2D eigenvalue weighted by Crippen LogP contribution is -2.49. The first-order valence-corrected chi connectivity index (χ1v) is 7.47. The Morgan fingerprint density at radius 1 is 1.27 bits per heavy atom. The first-order valence-electron chi connectivity index (χ1n) is 7.47. The highest BCUT2D eigenvalue weighted by Gasteiger charge is 2.29. The van der Waals surface area contributed by atoms with E-state index in [9.17, 15) is 4.79 Å². The zero-order valence-electron chi connectivity index (χ0n) is 13.0. The van der Waals surface area contributed by atoms with Crippen LogP contribution >= 0.6 is 0 Å². The highest BCUT2D eigenvalue weighted by molar-refractivity contribution is 5.93. The summed E-state index contributed by atoms with van der Waals surface area (Å²) in [6.07, 6.45) is 1.90. The third-order valence-electron chi connectivity index (χ3n) is 4.17. The Bertz CT molecular complexity index is 648. The van der Waals surface area contributed by atoms with Crippen LogP contribution in [0.4, 0.5) is 0 Å². The smallest absolute Gasteiger partial charge is 0.271 e. The fourth-order valence-corrected chi connectivity index (χ4v) is 2.90. The number of carbonyl (C=O) groups excluding carboxylic acids is 1. The van der Waals surface area contributed by atoms with E-state index in [1.165, 1.54) is 0 Å². The van der Waals surface area contributed by atoms with Gasteiger partial charge in [0, 0.05) is 32.9 Å². The topological polar surface area (TPSA) is 46.5 Å². The molecule has 2 heterocycles. The van der Waals surface area contributed by atoms with Gasteiger partial charge in [0.1, 0.15) is 11.4 Å². The van der Waals surface area contributed by atoms with Crippen LogP contribution in [-0.4, -0.2) is 42.1 Å². The summed E-state index contributed by atoms with van der Waals surface area (Å²) in [5.41, 5.74) is 1.84. The van der Waals surface area contributed by atoms with E-state index in [0.717, 1.165) is 30.1 Å². The lowest BCUT2D eigenvalue weighted by molar-refractivity contribution is 0.0624. The quantitative estimate of drug-likeness (QED) is 0.940. The van der Waals surface area contributed by atoms with Crippen LogP contribution in [-0.2, 0) is 7.05 Å². The standard InChI is InChI=1S/C17H21N3O2/c1-19-10-3-4-15(19)17(21)20-11-9-18-12-16(20)13-5-7-14(22-2)8-6-13/h3-8,10,16,18H,9,11-12H2,1-2H3/t16-/m1/s1. The average Bonchev–Trinajstić information content (AvgIpc) is 3.00. The number of benzene rings is 1. The molecule has 1 aliphatic rings. The summed E-state index contributed by atoms with van der Waals surface area (Å²) in [6.45, 7) is 2.30. The molecular formula is C17H21N3O2. The molecule has 116 valence electrons. The fraction of sp³-hybridized carbons (Fsp3) is 0.353. The van der Waals surface area contributed by atoms with Gasteiger partial charge in [0.05, 0.1) is 13.2 Å². The number of nitrogens with zero attached hydrogens (tertiary/aromatic N) is 2. The second-order valence-electron chi connectivity index (χ2n) is 5.50. The minimum Gasteiger partial charge on any atom is -0.497 e. The van der Waals surface area contributed by atoms with E-state index in [1.807, 2.05) is 59.1 Å². The minimum absolute atomic E-state index is 0.0436. The molecule has 0 saturated carbocycles. The number of rotatable bonds is 3. The summed E-state index contributed by atoms with van der Waals surface area (Å²) in [7, 11) is 3.56. The maximum Gasteiger partial charge on any atom is 0.271 e. The summed E-state index contributed by atoms with van der Waals surface area (Å²) in [5, 5.41) is 3.37. The fourth-order valence-electron chi connectivity index (χ4n) is 2.90. The Morgan fingerprint density at radius 2 is 2.05 bits per heavy atom. The first kappa shape index (κ1) is 14.7. The van der Waals surface area contributed by atoms with Gasteiger partial charge in [-0.2, -0.15) is 0 Å². The van der Waals surface area contributed by atoms with E-state index >= 15 is 0 Å². The highest BCUT2D eigenvalue weighted by atomic mass is 16.5. The second-order valence-corrected chi connectivity index (χ2v) is 5.50. The number of piperazine rings is 1. The van der Waals surface area contributed by atoms with E-state index < -0.39 is 0 Å². The Labute approximate surface area is 130 Å². The van der Waals surface area contributed by atoms with Gasteiger partial charge in [0.25, 0.3) is 5.91 Å². The van der Waals surface area contributed by atoms with Crippen LogP contribution in [0.1, 0.15) is 22.1 Å². The normalized spacial score (nSPS) is 18.3. The lowest BCUT2D eigenvalue weighted by atomic mass is 10.0. The highest BCUT2D eigenvalue weighted by Crippen LogP contribution is 2.26. The molecule has 0 unspecified atom stereocenters. The Hall–Kier alpha value is -2.27. The number of ether oxygens (including phenoxy) is 1. The van der Waals surface area contributed by atoms with Crippen molar-refractivity contribution in [2.45, 2.75) is 6.04 Å². The van der Waals surface area contributed by atoms with Crippen molar-refractivity contribution in [1.29, 1.82) is 0 Å². The molecule has 1 aliphatic heterocycles. The molecule has 1 fully saturated rings. The van der Waals surface area contributed by atoms with E-state index in [-0.39, 0.29) is 11.9 Å². The van der Waals surface area contributed by atoms with Crippen LogP contribution in [0.3, 0.4) is 0 Å². The molecule has 1 atom stereocenters. The van der Waals surface area contributed by atoms with Crippen molar-refractivity contribution in [2.24, 2.45) is 7.05 Å². The monoisotopic (exact) mass is 299 g/mol. The van der Waals surface area contributed by atoms with E-state index in [2.05, 4.69) is 5.32 Å². The van der Waals surface area contributed by atoms with Gasteiger partial charge in [-0.15, -0.1) is 0 Å². The van der Waals surface area contributed by atoms with Crippen LogP contribution < -0.4 is 10.1 Å². The predicted molar refractivity (Wildman–Crippen MR) is 85.1 cm³/mol. The molecule has 0 radical (unpaired) electrons. The number of methoxy groups -OCH3 is 1. The molecule has 0 bridgehead atoms. The Kier molecular flexibility index (Phi) is 4.15. The van der Waals surface area contributed by atoms with E-state index in [1.54, 1.807) is 7.11 Å². The van der Waals surface area contributed by atoms with Crippen LogP contribution in [0, 0.1) is 0 Å². The van der Waals surface area contributed by atoms with Crippen molar-refractivity contribution in [2.75, 3.05) is 26.7 Å². The Morgan fingerprint density at radius 3 is 2.68 bits per heavy atom. The molecule has 2 aromatic rings. The lowest BCUT2D eigenvalue weighted by Gasteiger charge is -2.36. The zero-order valence-corrected chi connectivity index (χ0v) is 13.0. The third kappa shape index (κ3) is 2.72. The summed E-state index contributed by atoms with van der Waals surface area (Å²) < 4.78 is 7.08. The zero-order chi connectivity index (χ0) is 15.5. The van der Waals surface area contributed by atoms with Gasteiger partial charge in [-0.1, -0.05) is 12.1 Å².